The molecule has 0 fully saturated rings. The van der Waals surface area contributed by atoms with Gasteiger partial charge in [-0.25, -0.2) is 0 Å². The summed E-state index contributed by atoms with van der Waals surface area (Å²) in [6, 6.07) is 15.5. The maximum Gasteiger partial charge on any atom is 0.119 e. The van der Waals surface area contributed by atoms with Crippen LogP contribution in [-0.2, 0) is 0 Å². The van der Waals surface area contributed by atoms with Gasteiger partial charge in [-0.2, -0.15) is 0 Å². The number of hydrogen-bond donors (Lipinski definition) is 3. The first-order valence-corrected chi connectivity index (χ1v) is 8.99. The van der Waals surface area contributed by atoms with Gasteiger partial charge in [-0.05, 0) is 48.4 Å². The SMILES string of the molecule is CNCCOc1cccc(C(C)CNC[C@H](O)c2cccc(Cl)c2)c1. The van der Waals surface area contributed by atoms with Crippen molar-refractivity contribution in [3.8, 4) is 5.75 Å². The maximum atomic E-state index is 10.2. The van der Waals surface area contributed by atoms with Crippen molar-refractivity contribution in [2.45, 2.75) is 18.9 Å². The van der Waals surface area contributed by atoms with E-state index < -0.39 is 6.10 Å². The van der Waals surface area contributed by atoms with Crippen LogP contribution in [0.25, 0.3) is 0 Å². The molecular formula is C20H27ClN2O2. The van der Waals surface area contributed by atoms with Crippen LogP contribution in [0.5, 0.6) is 5.75 Å². The second-order valence-electron chi connectivity index (χ2n) is 6.15. The van der Waals surface area contributed by atoms with Gasteiger partial charge in [0.1, 0.15) is 12.4 Å². The van der Waals surface area contributed by atoms with Crippen LogP contribution in [0.3, 0.4) is 0 Å². The average molecular weight is 363 g/mol. The first-order chi connectivity index (χ1) is 12.1. The van der Waals surface area contributed by atoms with Gasteiger partial charge in [-0.3, -0.25) is 0 Å². The van der Waals surface area contributed by atoms with Gasteiger partial charge in [-0.15, -0.1) is 0 Å². The number of aliphatic hydroxyl groups excluding tert-OH is 1. The van der Waals surface area contributed by atoms with Crippen molar-refractivity contribution in [1.82, 2.24) is 10.6 Å². The van der Waals surface area contributed by atoms with E-state index in [-0.39, 0.29) is 0 Å². The highest BCUT2D eigenvalue weighted by molar-refractivity contribution is 6.30. The maximum absolute atomic E-state index is 10.2. The van der Waals surface area contributed by atoms with E-state index >= 15 is 0 Å². The first-order valence-electron chi connectivity index (χ1n) is 8.61. The number of benzene rings is 2. The summed E-state index contributed by atoms with van der Waals surface area (Å²) in [4.78, 5) is 0. The van der Waals surface area contributed by atoms with Crippen LogP contribution in [0, 0.1) is 0 Å². The topological polar surface area (TPSA) is 53.5 Å². The molecule has 0 saturated carbocycles. The standard InChI is InChI=1S/C20H27ClN2O2/c1-15(16-5-4-8-19(12-16)25-10-9-22-2)13-23-14-20(24)17-6-3-7-18(21)11-17/h3-8,11-12,15,20,22-24H,9-10,13-14H2,1-2H3/t15?,20-/m0/s1. The van der Waals surface area contributed by atoms with Crippen LogP contribution in [0.15, 0.2) is 48.5 Å². The van der Waals surface area contributed by atoms with Crippen molar-refractivity contribution >= 4 is 11.6 Å². The number of aliphatic hydroxyl groups is 1. The molecule has 1 unspecified atom stereocenters. The molecule has 0 bridgehead atoms. The van der Waals surface area contributed by atoms with E-state index in [9.17, 15) is 5.11 Å². The summed E-state index contributed by atoms with van der Waals surface area (Å²) in [5.41, 5.74) is 2.04. The van der Waals surface area contributed by atoms with E-state index in [2.05, 4.69) is 29.7 Å². The van der Waals surface area contributed by atoms with Crippen LogP contribution < -0.4 is 15.4 Å². The van der Waals surface area contributed by atoms with Crippen molar-refractivity contribution in [3.63, 3.8) is 0 Å². The summed E-state index contributed by atoms with van der Waals surface area (Å²) in [5, 5.41) is 17.3. The van der Waals surface area contributed by atoms with Crippen molar-refractivity contribution in [3.05, 3.63) is 64.7 Å². The van der Waals surface area contributed by atoms with E-state index in [1.165, 1.54) is 5.56 Å². The fourth-order valence-electron chi connectivity index (χ4n) is 2.57. The van der Waals surface area contributed by atoms with Crippen molar-refractivity contribution in [2.75, 3.05) is 33.3 Å². The second kappa shape index (κ2) is 10.4. The summed E-state index contributed by atoms with van der Waals surface area (Å²) in [5.74, 6) is 1.21. The van der Waals surface area contributed by atoms with Crippen molar-refractivity contribution < 1.29 is 9.84 Å². The quantitative estimate of drug-likeness (QED) is 0.567. The number of rotatable bonds is 10. The summed E-state index contributed by atoms with van der Waals surface area (Å²) >= 11 is 5.97. The smallest absolute Gasteiger partial charge is 0.119 e. The number of nitrogens with one attached hydrogen (secondary N) is 2. The van der Waals surface area contributed by atoms with Gasteiger partial charge in [0.05, 0.1) is 6.10 Å². The van der Waals surface area contributed by atoms with Gasteiger partial charge in [0.25, 0.3) is 0 Å². The fraction of sp³-hybridized carbons (Fsp3) is 0.400. The Balaban J connectivity index is 1.81. The molecule has 0 aliphatic rings. The van der Waals surface area contributed by atoms with E-state index in [0.717, 1.165) is 24.4 Å². The van der Waals surface area contributed by atoms with Crippen LogP contribution in [0.2, 0.25) is 5.02 Å². The van der Waals surface area contributed by atoms with E-state index in [4.69, 9.17) is 16.3 Å². The number of ether oxygens (including phenoxy) is 1. The van der Waals surface area contributed by atoms with Crippen LogP contribution in [-0.4, -0.2) is 38.4 Å². The molecule has 0 saturated heterocycles. The summed E-state index contributed by atoms with van der Waals surface area (Å²) < 4.78 is 5.71. The second-order valence-corrected chi connectivity index (χ2v) is 6.59. The molecular weight excluding hydrogens is 336 g/mol. The van der Waals surface area contributed by atoms with Gasteiger partial charge < -0.3 is 20.5 Å². The van der Waals surface area contributed by atoms with Crippen LogP contribution >= 0.6 is 11.6 Å². The largest absolute Gasteiger partial charge is 0.492 e. The Bertz CT molecular complexity index is 651. The van der Waals surface area contributed by atoms with Gasteiger partial charge in [-0.1, -0.05) is 42.8 Å². The van der Waals surface area contributed by atoms with Crippen molar-refractivity contribution in [2.24, 2.45) is 0 Å². The van der Waals surface area contributed by atoms with Crippen molar-refractivity contribution in [1.29, 1.82) is 0 Å². The Kier molecular flexibility index (Phi) is 8.22. The van der Waals surface area contributed by atoms with E-state index in [0.29, 0.717) is 24.1 Å². The van der Waals surface area contributed by atoms with Gasteiger partial charge in [0.2, 0.25) is 0 Å². The van der Waals surface area contributed by atoms with Gasteiger partial charge in [0.15, 0.2) is 0 Å². The molecule has 0 amide bonds. The molecule has 0 radical (unpaired) electrons. The highest BCUT2D eigenvalue weighted by Crippen LogP contribution is 2.21. The lowest BCUT2D eigenvalue weighted by molar-refractivity contribution is 0.174. The van der Waals surface area contributed by atoms with Gasteiger partial charge >= 0.3 is 0 Å². The Morgan fingerprint density at radius 1 is 1.08 bits per heavy atom. The molecule has 0 aliphatic carbocycles. The molecule has 3 N–H and O–H groups in total. The summed E-state index contributed by atoms with van der Waals surface area (Å²) in [7, 11) is 1.91. The van der Waals surface area contributed by atoms with Gasteiger partial charge in [0, 0.05) is 24.7 Å². The lowest BCUT2D eigenvalue weighted by Crippen LogP contribution is -2.25. The minimum atomic E-state index is -0.567. The highest BCUT2D eigenvalue weighted by Gasteiger charge is 2.10. The number of likely N-dealkylation sites (N-methyl/N-ethyl adjacent to an activating group) is 1. The first kappa shape index (κ1) is 19.7. The molecule has 0 spiro atoms. The summed E-state index contributed by atoms with van der Waals surface area (Å²) in [6.45, 7) is 4.90. The fourth-order valence-corrected chi connectivity index (χ4v) is 2.77. The molecule has 0 aliphatic heterocycles. The Labute approximate surface area is 155 Å². The molecule has 2 aromatic rings. The zero-order valence-electron chi connectivity index (χ0n) is 14.8. The molecule has 5 heteroatoms. The molecule has 2 rings (SSSR count). The minimum absolute atomic E-state index is 0.319. The predicted octanol–water partition coefficient (Wildman–Crippen LogP) is 3.36. The van der Waals surface area contributed by atoms with Crippen LogP contribution in [0.1, 0.15) is 30.1 Å². The Morgan fingerprint density at radius 3 is 2.60 bits per heavy atom. The third-order valence-electron chi connectivity index (χ3n) is 4.07. The molecule has 2 aromatic carbocycles. The van der Waals surface area contributed by atoms with E-state index in [1.807, 2.05) is 31.3 Å². The number of hydrogen-bond acceptors (Lipinski definition) is 4. The van der Waals surface area contributed by atoms with Crippen LogP contribution in [0.4, 0.5) is 0 Å². The molecule has 136 valence electrons. The highest BCUT2D eigenvalue weighted by atomic mass is 35.5. The van der Waals surface area contributed by atoms with E-state index in [1.54, 1.807) is 12.1 Å². The molecule has 0 heterocycles. The third-order valence-corrected chi connectivity index (χ3v) is 4.30. The lowest BCUT2D eigenvalue weighted by atomic mass is 10.0. The Hall–Kier alpha value is -1.59. The monoisotopic (exact) mass is 362 g/mol. The molecule has 25 heavy (non-hydrogen) atoms. The zero-order valence-corrected chi connectivity index (χ0v) is 15.6. The molecule has 4 nitrogen and oxygen atoms in total. The molecule has 0 aromatic heterocycles. The minimum Gasteiger partial charge on any atom is -0.492 e. The number of halogens is 1. The average Bonchev–Trinajstić information content (AvgIpc) is 2.62. The third kappa shape index (κ3) is 6.67. The predicted molar refractivity (Wildman–Crippen MR) is 104 cm³/mol. The summed E-state index contributed by atoms with van der Waals surface area (Å²) in [6.07, 6.45) is -0.567. The normalized spacial score (nSPS) is 13.4. The Morgan fingerprint density at radius 2 is 1.84 bits per heavy atom. The lowest BCUT2D eigenvalue weighted by Gasteiger charge is -2.17. The molecule has 2 atom stereocenters. The zero-order chi connectivity index (χ0) is 18.1.